The van der Waals surface area contributed by atoms with Crippen molar-refractivity contribution in [1.29, 1.82) is 0 Å². The molecule has 204 valence electrons. The summed E-state index contributed by atoms with van der Waals surface area (Å²) in [5, 5.41) is 6.24. The van der Waals surface area contributed by atoms with Gasteiger partial charge in [-0.2, -0.15) is 9.97 Å². The highest BCUT2D eigenvalue weighted by Crippen LogP contribution is 2.36. The number of hydrogen-bond acceptors (Lipinski definition) is 7. The molecule has 4 saturated heterocycles. The Morgan fingerprint density at radius 1 is 0.921 bits per heavy atom. The highest BCUT2D eigenvalue weighted by atomic mass is 16.5. The van der Waals surface area contributed by atoms with Crippen molar-refractivity contribution in [2.45, 2.75) is 65.1 Å². The fourth-order valence-corrected chi connectivity index (χ4v) is 6.28. The summed E-state index contributed by atoms with van der Waals surface area (Å²) in [5.41, 5.74) is 5.00. The molecule has 4 fully saturated rings. The molecule has 0 saturated carbocycles. The summed E-state index contributed by atoms with van der Waals surface area (Å²) in [6, 6.07) is 14.8. The third-order valence-corrected chi connectivity index (χ3v) is 8.19. The van der Waals surface area contributed by atoms with Crippen LogP contribution in [0.4, 0.5) is 11.5 Å². The molecule has 8 rings (SSSR count). The lowest BCUT2D eigenvalue weighted by molar-refractivity contribution is 0.224. The van der Waals surface area contributed by atoms with Gasteiger partial charge < -0.3 is 24.8 Å². The summed E-state index contributed by atoms with van der Waals surface area (Å²) < 4.78 is 5.50. The van der Waals surface area contributed by atoms with Crippen molar-refractivity contribution < 1.29 is 4.74 Å². The molecule has 7 heteroatoms. The molecule has 0 radical (unpaired) electrons. The molecule has 2 bridgehead atoms. The van der Waals surface area contributed by atoms with Gasteiger partial charge in [0.15, 0.2) is 0 Å². The largest absolute Gasteiger partial charge is 0.467 e. The summed E-state index contributed by atoms with van der Waals surface area (Å²) in [5.74, 6) is 1.09. The molecular weight excluding hydrogens is 472 g/mol. The van der Waals surface area contributed by atoms with Gasteiger partial charge in [-0.25, -0.2) is 0 Å². The first-order chi connectivity index (χ1) is 18.6. The summed E-state index contributed by atoms with van der Waals surface area (Å²) in [6.45, 7) is 12.6. The SMILES string of the molecule is CC.CN1CCCC1.COc1nc2c(c(N3CC4CC(C3)N4)n1)CCN(c1cccc3cccc(C)c13)C2. The minimum absolute atomic E-state index is 0.479. The van der Waals surface area contributed by atoms with Crippen LogP contribution in [0.15, 0.2) is 36.4 Å². The first kappa shape index (κ1) is 26.7. The molecule has 2 aromatic carbocycles. The molecule has 0 spiro atoms. The number of methoxy groups -OCH3 is 1. The van der Waals surface area contributed by atoms with Crippen LogP contribution in [0.3, 0.4) is 0 Å². The number of piperidine rings is 1. The van der Waals surface area contributed by atoms with E-state index in [4.69, 9.17) is 14.7 Å². The normalized spacial score (nSPS) is 22.0. The van der Waals surface area contributed by atoms with Gasteiger partial charge in [-0.3, -0.25) is 0 Å². The third kappa shape index (κ3) is 5.45. The van der Waals surface area contributed by atoms with E-state index < -0.39 is 0 Å². The number of piperazine rings is 1. The maximum Gasteiger partial charge on any atom is 0.318 e. The first-order valence-electron chi connectivity index (χ1n) is 14.5. The molecule has 1 N–H and O–H groups in total. The van der Waals surface area contributed by atoms with E-state index in [-0.39, 0.29) is 0 Å². The van der Waals surface area contributed by atoms with Gasteiger partial charge in [0.1, 0.15) is 5.82 Å². The van der Waals surface area contributed by atoms with E-state index in [1.807, 2.05) is 13.8 Å². The smallest absolute Gasteiger partial charge is 0.318 e. The molecule has 3 aromatic rings. The third-order valence-electron chi connectivity index (χ3n) is 8.19. The highest BCUT2D eigenvalue weighted by molar-refractivity contribution is 5.97. The number of nitrogens with one attached hydrogen (secondary N) is 1. The number of hydrogen-bond donors (Lipinski definition) is 1. The topological polar surface area (TPSA) is 56.8 Å². The maximum absolute atomic E-state index is 5.50. The van der Waals surface area contributed by atoms with Gasteiger partial charge in [0.25, 0.3) is 0 Å². The zero-order valence-corrected chi connectivity index (χ0v) is 23.8. The summed E-state index contributed by atoms with van der Waals surface area (Å²) in [4.78, 5) is 16.8. The summed E-state index contributed by atoms with van der Waals surface area (Å²) >= 11 is 0. The first-order valence-corrected chi connectivity index (χ1v) is 14.5. The second kappa shape index (κ2) is 11.9. The molecule has 2 atom stereocenters. The Hall–Kier alpha value is -2.90. The van der Waals surface area contributed by atoms with E-state index in [2.05, 4.69) is 70.4 Å². The van der Waals surface area contributed by atoms with Crippen LogP contribution in [-0.4, -0.2) is 73.8 Å². The van der Waals surface area contributed by atoms with E-state index in [1.54, 1.807) is 7.11 Å². The molecule has 38 heavy (non-hydrogen) atoms. The molecule has 0 aliphatic carbocycles. The van der Waals surface area contributed by atoms with Crippen LogP contribution in [0.5, 0.6) is 6.01 Å². The maximum atomic E-state index is 5.50. The highest BCUT2D eigenvalue weighted by Gasteiger charge is 2.38. The van der Waals surface area contributed by atoms with Gasteiger partial charge in [0.05, 0.1) is 19.3 Å². The number of ether oxygens (including phenoxy) is 1. The van der Waals surface area contributed by atoms with E-state index in [0.717, 1.165) is 44.1 Å². The molecule has 6 heterocycles. The molecule has 1 aromatic heterocycles. The van der Waals surface area contributed by atoms with Crippen LogP contribution in [0.2, 0.25) is 0 Å². The Balaban J connectivity index is 0.000000321. The predicted molar refractivity (Wildman–Crippen MR) is 158 cm³/mol. The standard InChI is InChI=1S/C24H27N5O.C5H11N.C2H6/c1-15-5-3-6-16-7-4-8-21(22(15)16)28-10-9-19-20(14-28)26-24(30-2)27-23(19)29-12-17-11-18(13-29)25-17;1-6-4-2-3-5-6;1-2/h3-8,17-18,25H,9-14H2,1-2H3;2-5H2,1H3;1-2H3. The van der Waals surface area contributed by atoms with Gasteiger partial charge in [0, 0.05) is 48.4 Å². The molecular formula is C31H44N6O. The number of fused-ring (bicyclic) bond motifs is 4. The fourth-order valence-electron chi connectivity index (χ4n) is 6.28. The zero-order chi connectivity index (χ0) is 26.6. The van der Waals surface area contributed by atoms with Crippen LogP contribution in [0.25, 0.3) is 10.8 Å². The van der Waals surface area contributed by atoms with Crippen LogP contribution in [0.1, 0.15) is 49.9 Å². The monoisotopic (exact) mass is 516 g/mol. The Morgan fingerprint density at radius 3 is 2.24 bits per heavy atom. The Kier molecular flexibility index (Phi) is 8.34. The van der Waals surface area contributed by atoms with Crippen molar-refractivity contribution >= 4 is 22.3 Å². The summed E-state index contributed by atoms with van der Waals surface area (Å²) in [6.07, 6.45) is 5.07. The van der Waals surface area contributed by atoms with Gasteiger partial charge in [-0.15, -0.1) is 0 Å². The van der Waals surface area contributed by atoms with Gasteiger partial charge >= 0.3 is 6.01 Å². The van der Waals surface area contributed by atoms with Crippen molar-refractivity contribution in [3.63, 3.8) is 0 Å². The molecule has 5 aliphatic rings. The second-order valence-electron chi connectivity index (χ2n) is 10.8. The van der Waals surface area contributed by atoms with Crippen LogP contribution >= 0.6 is 0 Å². The quantitative estimate of drug-likeness (QED) is 0.537. The Labute approximate surface area is 228 Å². The number of anilines is 2. The van der Waals surface area contributed by atoms with E-state index in [0.29, 0.717) is 18.1 Å². The average molecular weight is 517 g/mol. The molecule has 7 nitrogen and oxygen atoms in total. The number of aryl methyl sites for hydroxylation is 1. The van der Waals surface area contributed by atoms with Crippen molar-refractivity contribution in [3.8, 4) is 6.01 Å². The number of likely N-dealkylation sites (tertiary alicyclic amines) is 1. The van der Waals surface area contributed by atoms with Gasteiger partial charge in [-0.05, 0) is 69.8 Å². The fraction of sp³-hybridized carbons (Fsp3) is 0.548. The molecule has 0 amide bonds. The lowest BCUT2D eigenvalue weighted by Crippen LogP contribution is -2.67. The van der Waals surface area contributed by atoms with E-state index >= 15 is 0 Å². The number of benzene rings is 2. The molecule has 5 aliphatic heterocycles. The van der Waals surface area contributed by atoms with Crippen LogP contribution in [0, 0.1) is 6.92 Å². The van der Waals surface area contributed by atoms with Crippen molar-refractivity contribution in [3.05, 3.63) is 53.2 Å². The number of nitrogens with zero attached hydrogens (tertiary/aromatic N) is 5. The second-order valence-corrected chi connectivity index (χ2v) is 10.8. The zero-order valence-electron chi connectivity index (χ0n) is 23.8. The average Bonchev–Trinajstić information content (AvgIpc) is 3.44. The van der Waals surface area contributed by atoms with Crippen molar-refractivity contribution in [2.75, 3.05) is 56.7 Å². The number of rotatable bonds is 3. The van der Waals surface area contributed by atoms with Crippen molar-refractivity contribution in [2.24, 2.45) is 0 Å². The van der Waals surface area contributed by atoms with Gasteiger partial charge in [-0.1, -0.05) is 44.2 Å². The minimum atomic E-state index is 0.479. The van der Waals surface area contributed by atoms with Crippen LogP contribution in [-0.2, 0) is 13.0 Å². The molecule has 2 unspecified atom stereocenters. The summed E-state index contributed by atoms with van der Waals surface area (Å²) in [7, 11) is 3.84. The lowest BCUT2D eigenvalue weighted by Gasteiger charge is -2.49. The van der Waals surface area contributed by atoms with Gasteiger partial charge in [0.2, 0.25) is 0 Å². The van der Waals surface area contributed by atoms with E-state index in [1.165, 1.54) is 59.9 Å². The van der Waals surface area contributed by atoms with E-state index in [9.17, 15) is 0 Å². The minimum Gasteiger partial charge on any atom is -0.467 e. The lowest BCUT2D eigenvalue weighted by atomic mass is 9.90. The van der Waals surface area contributed by atoms with Crippen molar-refractivity contribution in [1.82, 2.24) is 20.2 Å². The predicted octanol–water partition coefficient (Wildman–Crippen LogP) is 4.80. The Morgan fingerprint density at radius 2 is 1.61 bits per heavy atom. The number of aromatic nitrogens is 2. The van der Waals surface area contributed by atoms with Crippen LogP contribution < -0.4 is 19.9 Å². The Bertz CT molecular complexity index is 1220.